The van der Waals surface area contributed by atoms with E-state index in [1.54, 1.807) is 36.4 Å². The zero-order valence-electron chi connectivity index (χ0n) is 12.1. The Morgan fingerprint density at radius 1 is 1.43 bits per heavy atom. The fourth-order valence-corrected chi connectivity index (χ4v) is 2.41. The van der Waals surface area contributed by atoms with Crippen molar-refractivity contribution in [1.29, 1.82) is 0 Å². The minimum absolute atomic E-state index is 0.183. The first kappa shape index (κ1) is 15.5. The largest absolute Gasteiger partial charge is 0.393 e. The van der Waals surface area contributed by atoms with Gasteiger partial charge in [0.1, 0.15) is 5.01 Å². The Morgan fingerprint density at radius 2 is 2.14 bits per heavy atom. The zero-order valence-corrected chi connectivity index (χ0v) is 12.9. The van der Waals surface area contributed by atoms with Gasteiger partial charge < -0.3 is 15.3 Å². The van der Waals surface area contributed by atoms with Crippen LogP contribution in [0.3, 0.4) is 0 Å². The highest BCUT2D eigenvalue weighted by atomic mass is 32.1. The summed E-state index contributed by atoms with van der Waals surface area (Å²) in [6.45, 7) is 2.23. The van der Waals surface area contributed by atoms with Gasteiger partial charge >= 0.3 is 6.03 Å². The maximum atomic E-state index is 12.0. The summed E-state index contributed by atoms with van der Waals surface area (Å²) in [5.41, 5.74) is 1.77. The molecule has 1 atom stereocenters. The van der Waals surface area contributed by atoms with E-state index < -0.39 is 6.10 Å². The fraction of sp³-hybridized carbons (Fsp3) is 0.333. The molecular formula is C15H19N3O2S. The van der Waals surface area contributed by atoms with Crippen molar-refractivity contribution in [1.82, 2.24) is 9.88 Å². The van der Waals surface area contributed by atoms with E-state index in [9.17, 15) is 9.90 Å². The van der Waals surface area contributed by atoms with Gasteiger partial charge in [-0.05, 0) is 37.6 Å². The lowest BCUT2D eigenvalue weighted by Crippen LogP contribution is -2.33. The van der Waals surface area contributed by atoms with Crippen molar-refractivity contribution in [2.24, 2.45) is 0 Å². The van der Waals surface area contributed by atoms with Crippen LogP contribution in [0, 0.1) is 0 Å². The van der Waals surface area contributed by atoms with E-state index >= 15 is 0 Å². The Kier molecular flexibility index (Phi) is 5.30. The molecule has 0 aliphatic rings. The average Bonchev–Trinajstić information content (AvgIpc) is 2.99. The number of nitrogens with zero attached hydrogens (tertiary/aromatic N) is 2. The van der Waals surface area contributed by atoms with E-state index in [2.05, 4.69) is 10.3 Å². The predicted molar refractivity (Wildman–Crippen MR) is 85.5 cm³/mol. The number of hydrogen-bond donors (Lipinski definition) is 2. The van der Waals surface area contributed by atoms with Crippen LogP contribution in [0.5, 0.6) is 0 Å². The summed E-state index contributed by atoms with van der Waals surface area (Å²) in [5, 5.41) is 14.9. The molecule has 21 heavy (non-hydrogen) atoms. The summed E-state index contributed by atoms with van der Waals surface area (Å²) in [6.07, 6.45) is 1.93. The van der Waals surface area contributed by atoms with Gasteiger partial charge in [-0.15, -0.1) is 11.3 Å². The first-order valence-corrected chi connectivity index (χ1v) is 7.64. The van der Waals surface area contributed by atoms with Gasteiger partial charge in [-0.1, -0.05) is 0 Å². The maximum Gasteiger partial charge on any atom is 0.321 e. The molecule has 1 aromatic carbocycles. The molecule has 1 aromatic heterocycles. The monoisotopic (exact) mass is 305 g/mol. The molecule has 6 heteroatoms. The number of urea groups is 1. The number of amides is 2. The molecule has 1 heterocycles. The molecule has 0 spiro atoms. The van der Waals surface area contributed by atoms with E-state index in [4.69, 9.17) is 0 Å². The predicted octanol–water partition coefficient (Wildman–Crippen LogP) is 3.04. The number of aliphatic hydroxyl groups excluding tert-OH is 1. The van der Waals surface area contributed by atoms with Gasteiger partial charge in [-0.3, -0.25) is 0 Å². The van der Waals surface area contributed by atoms with Crippen molar-refractivity contribution in [3.63, 3.8) is 0 Å². The average molecular weight is 305 g/mol. The highest BCUT2D eigenvalue weighted by Crippen LogP contribution is 2.23. The molecular weight excluding hydrogens is 286 g/mol. The van der Waals surface area contributed by atoms with Gasteiger partial charge in [-0.2, -0.15) is 0 Å². The van der Waals surface area contributed by atoms with Gasteiger partial charge in [0.2, 0.25) is 0 Å². The molecule has 0 radical (unpaired) electrons. The lowest BCUT2D eigenvalue weighted by Gasteiger charge is -2.18. The molecule has 0 fully saturated rings. The second kappa shape index (κ2) is 7.19. The number of hydrogen-bond acceptors (Lipinski definition) is 4. The first-order valence-electron chi connectivity index (χ1n) is 6.76. The summed E-state index contributed by atoms with van der Waals surface area (Å²) in [7, 11) is 1.71. The third kappa shape index (κ3) is 4.54. The number of anilines is 1. The van der Waals surface area contributed by atoms with E-state index in [-0.39, 0.29) is 6.03 Å². The number of carbonyl (C=O) groups excluding carboxylic acids is 1. The maximum absolute atomic E-state index is 12.0. The Labute approximate surface area is 128 Å². The van der Waals surface area contributed by atoms with Crippen LogP contribution < -0.4 is 5.32 Å². The van der Waals surface area contributed by atoms with Crippen LogP contribution in [0.4, 0.5) is 10.5 Å². The number of rotatable bonds is 5. The summed E-state index contributed by atoms with van der Waals surface area (Å²) >= 11 is 1.58. The third-order valence-corrected chi connectivity index (χ3v) is 3.87. The minimum Gasteiger partial charge on any atom is -0.393 e. The zero-order chi connectivity index (χ0) is 15.2. The summed E-state index contributed by atoms with van der Waals surface area (Å²) in [6, 6.07) is 7.40. The standard InChI is InChI=1S/C15H19N3O2S/c1-11(19)7-9-18(2)15(20)17-13-5-3-12(4-6-13)14-16-8-10-21-14/h3-6,8,10-11,19H,7,9H2,1-2H3,(H,17,20). The number of aromatic nitrogens is 1. The molecule has 0 bridgehead atoms. The topological polar surface area (TPSA) is 65.5 Å². The number of carbonyl (C=O) groups is 1. The Morgan fingerprint density at radius 3 is 2.71 bits per heavy atom. The van der Waals surface area contributed by atoms with E-state index in [1.807, 2.05) is 29.6 Å². The molecule has 0 aliphatic heterocycles. The molecule has 0 saturated heterocycles. The first-order chi connectivity index (χ1) is 10.1. The van der Waals surface area contributed by atoms with Crippen LogP contribution in [0.15, 0.2) is 35.8 Å². The van der Waals surface area contributed by atoms with Gasteiger partial charge in [0.25, 0.3) is 0 Å². The van der Waals surface area contributed by atoms with Crippen molar-refractivity contribution in [2.75, 3.05) is 18.9 Å². The highest BCUT2D eigenvalue weighted by molar-refractivity contribution is 7.13. The lowest BCUT2D eigenvalue weighted by atomic mass is 10.2. The Hall–Kier alpha value is -1.92. The normalized spacial score (nSPS) is 12.0. The molecule has 0 aliphatic carbocycles. The van der Waals surface area contributed by atoms with E-state index in [1.165, 1.54) is 0 Å². The minimum atomic E-state index is -0.405. The van der Waals surface area contributed by atoms with Crippen LogP contribution in [0.25, 0.3) is 10.6 Å². The van der Waals surface area contributed by atoms with Crippen LogP contribution in [-0.2, 0) is 0 Å². The Balaban J connectivity index is 1.92. The van der Waals surface area contributed by atoms with Crippen LogP contribution in [-0.4, -0.2) is 40.7 Å². The molecule has 112 valence electrons. The molecule has 5 nitrogen and oxygen atoms in total. The summed E-state index contributed by atoms with van der Waals surface area (Å²) in [4.78, 5) is 17.8. The van der Waals surface area contributed by atoms with Crippen molar-refractivity contribution < 1.29 is 9.90 Å². The van der Waals surface area contributed by atoms with Crippen LogP contribution in [0.2, 0.25) is 0 Å². The molecule has 2 N–H and O–H groups in total. The SMILES string of the molecule is CC(O)CCN(C)C(=O)Nc1ccc(-c2nccs2)cc1. The van der Waals surface area contributed by atoms with Gasteiger partial charge in [0, 0.05) is 36.4 Å². The molecule has 2 amide bonds. The van der Waals surface area contributed by atoms with Crippen molar-refractivity contribution >= 4 is 23.1 Å². The number of benzene rings is 1. The lowest BCUT2D eigenvalue weighted by molar-refractivity contribution is 0.167. The Bertz CT molecular complexity index is 567. The van der Waals surface area contributed by atoms with Gasteiger partial charge in [-0.25, -0.2) is 9.78 Å². The number of aliphatic hydroxyl groups is 1. The van der Waals surface area contributed by atoms with Gasteiger partial charge in [0.15, 0.2) is 0 Å². The molecule has 0 saturated carbocycles. The quantitative estimate of drug-likeness (QED) is 0.892. The number of thiazole rings is 1. The second-order valence-electron chi connectivity index (χ2n) is 4.90. The molecule has 1 unspecified atom stereocenters. The van der Waals surface area contributed by atoms with Crippen LogP contribution in [0.1, 0.15) is 13.3 Å². The number of nitrogens with one attached hydrogen (secondary N) is 1. The van der Waals surface area contributed by atoms with Gasteiger partial charge in [0.05, 0.1) is 6.10 Å². The highest BCUT2D eigenvalue weighted by Gasteiger charge is 2.10. The summed E-state index contributed by atoms with van der Waals surface area (Å²) < 4.78 is 0. The molecule has 2 rings (SSSR count). The van der Waals surface area contributed by atoms with Crippen LogP contribution >= 0.6 is 11.3 Å². The fourth-order valence-electron chi connectivity index (χ4n) is 1.76. The van der Waals surface area contributed by atoms with Crippen molar-refractivity contribution in [3.05, 3.63) is 35.8 Å². The van der Waals surface area contributed by atoms with Crippen molar-refractivity contribution in [3.8, 4) is 10.6 Å². The van der Waals surface area contributed by atoms with E-state index in [0.29, 0.717) is 13.0 Å². The summed E-state index contributed by atoms with van der Waals surface area (Å²) in [5.74, 6) is 0. The van der Waals surface area contributed by atoms with E-state index in [0.717, 1.165) is 16.3 Å². The smallest absolute Gasteiger partial charge is 0.321 e. The molecule has 2 aromatic rings. The third-order valence-electron chi connectivity index (χ3n) is 3.04. The second-order valence-corrected chi connectivity index (χ2v) is 5.80. The van der Waals surface area contributed by atoms with Crippen molar-refractivity contribution in [2.45, 2.75) is 19.4 Å².